The Morgan fingerprint density at radius 3 is 2.86 bits per heavy atom. The van der Waals surface area contributed by atoms with E-state index in [-0.39, 0.29) is 5.91 Å². The standard InChI is InChI=1S/C23H26N4O/c1-16-13-24-22(19-8-9-19)27(16)15-17-5-4-12-26(14-17)23(28)21-11-10-18-6-2-3-7-20(18)25-21/h2-3,6-7,10-11,13,17,19H,4-5,8-9,12,14-15H2,1H3. The van der Waals surface area contributed by atoms with Gasteiger partial charge < -0.3 is 9.47 Å². The maximum Gasteiger partial charge on any atom is 0.272 e. The van der Waals surface area contributed by atoms with Gasteiger partial charge in [-0.2, -0.15) is 0 Å². The maximum absolute atomic E-state index is 13.1. The quantitative estimate of drug-likeness (QED) is 0.689. The van der Waals surface area contributed by atoms with E-state index in [0.29, 0.717) is 17.5 Å². The van der Waals surface area contributed by atoms with Gasteiger partial charge in [0.1, 0.15) is 11.5 Å². The number of pyridine rings is 1. The van der Waals surface area contributed by atoms with Gasteiger partial charge in [-0.3, -0.25) is 4.79 Å². The zero-order chi connectivity index (χ0) is 19.1. The van der Waals surface area contributed by atoms with Gasteiger partial charge in [0.05, 0.1) is 5.52 Å². The van der Waals surface area contributed by atoms with Crippen LogP contribution in [-0.4, -0.2) is 38.4 Å². The van der Waals surface area contributed by atoms with Gasteiger partial charge in [-0.1, -0.05) is 24.3 Å². The minimum Gasteiger partial charge on any atom is -0.337 e. The molecule has 1 saturated carbocycles. The van der Waals surface area contributed by atoms with Crippen LogP contribution in [0.15, 0.2) is 42.6 Å². The molecule has 1 aliphatic heterocycles. The van der Waals surface area contributed by atoms with Gasteiger partial charge >= 0.3 is 0 Å². The van der Waals surface area contributed by atoms with Gasteiger partial charge in [0.15, 0.2) is 0 Å². The van der Waals surface area contributed by atoms with Crippen molar-refractivity contribution in [1.29, 1.82) is 0 Å². The summed E-state index contributed by atoms with van der Waals surface area (Å²) in [4.78, 5) is 24.3. The molecule has 2 fully saturated rings. The van der Waals surface area contributed by atoms with Crippen LogP contribution >= 0.6 is 0 Å². The maximum atomic E-state index is 13.1. The van der Waals surface area contributed by atoms with Crippen LogP contribution in [-0.2, 0) is 6.54 Å². The Morgan fingerprint density at radius 2 is 2.00 bits per heavy atom. The van der Waals surface area contributed by atoms with Crippen molar-refractivity contribution in [3.63, 3.8) is 0 Å². The molecule has 1 amide bonds. The van der Waals surface area contributed by atoms with Crippen LogP contribution in [0.4, 0.5) is 0 Å². The number of fused-ring (bicyclic) bond motifs is 1. The number of aryl methyl sites for hydroxylation is 1. The van der Waals surface area contributed by atoms with Crippen molar-refractivity contribution in [2.75, 3.05) is 13.1 Å². The molecule has 1 unspecified atom stereocenters. The van der Waals surface area contributed by atoms with Gasteiger partial charge in [0.25, 0.3) is 5.91 Å². The number of carbonyl (C=O) groups excluding carboxylic acids is 1. The summed E-state index contributed by atoms with van der Waals surface area (Å²) in [6.07, 6.45) is 6.74. The Morgan fingerprint density at radius 1 is 1.14 bits per heavy atom. The molecule has 2 aliphatic rings. The van der Waals surface area contributed by atoms with Gasteiger partial charge in [0.2, 0.25) is 0 Å². The van der Waals surface area contributed by atoms with Crippen LogP contribution in [0.5, 0.6) is 0 Å². The van der Waals surface area contributed by atoms with Crippen molar-refractivity contribution in [2.24, 2.45) is 5.92 Å². The first-order valence-electron chi connectivity index (χ1n) is 10.4. The van der Waals surface area contributed by atoms with Crippen LogP contribution in [0, 0.1) is 12.8 Å². The Labute approximate surface area is 165 Å². The molecule has 0 bridgehead atoms. The third kappa shape index (κ3) is 3.30. The first kappa shape index (κ1) is 17.4. The molecule has 144 valence electrons. The van der Waals surface area contributed by atoms with Crippen molar-refractivity contribution in [2.45, 2.75) is 45.1 Å². The molecule has 1 atom stereocenters. The Kier molecular flexibility index (Phi) is 4.38. The number of aromatic nitrogens is 3. The lowest BCUT2D eigenvalue weighted by atomic mass is 9.97. The van der Waals surface area contributed by atoms with E-state index in [4.69, 9.17) is 0 Å². The average Bonchev–Trinajstić information content (AvgIpc) is 3.52. The highest BCUT2D eigenvalue weighted by Crippen LogP contribution is 2.40. The SMILES string of the molecule is Cc1cnc(C2CC2)n1CC1CCCN(C(=O)c2ccc3ccccc3n2)C1. The topological polar surface area (TPSA) is 51.0 Å². The van der Waals surface area contributed by atoms with E-state index in [2.05, 4.69) is 21.5 Å². The first-order valence-corrected chi connectivity index (χ1v) is 10.4. The van der Waals surface area contributed by atoms with Gasteiger partial charge in [-0.15, -0.1) is 0 Å². The number of hydrogen-bond donors (Lipinski definition) is 0. The number of benzene rings is 1. The monoisotopic (exact) mass is 374 g/mol. The number of amides is 1. The molecule has 1 aliphatic carbocycles. The normalized spacial score (nSPS) is 19.9. The summed E-state index contributed by atoms with van der Waals surface area (Å²) in [5.74, 6) is 2.43. The van der Waals surface area contributed by atoms with Gasteiger partial charge in [0, 0.05) is 42.8 Å². The summed E-state index contributed by atoms with van der Waals surface area (Å²) in [6, 6.07) is 11.8. The smallest absolute Gasteiger partial charge is 0.272 e. The number of carbonyl (C=O) groups is 1. The molecule has 0 spiro atoms. The molecule has 5 rings (SSSR count). The summed E-state index contributed by atoms with van der Waals surface area (Å²) < 4.78 is 2.39. The highest BCUT2D eigenvalue weighted by Gasteiger charge is 2.31. The van der Waals surface area contributed by atoms with Crippen LogP contribution in [0.25, 0.3) is 10.9 Å². The number of nitrogens with zero attached hydrogens (tertiary/aromatic N) is 4. The summed E-state index contributed by atoms with van der Waals surface area (Å²) >= 11 is 0. The van der Waals surface area contributed by atoms with E-state index in [1.165, 1.54) is 24.4 Å². The molecule has 3 heterocycles. The summed E-state index contributed by atoms with van der Waals surface area (Å²) in [5.41, 5.74) is 2.67. The molecule has 3 aromatic rings. The Balaban J connectivity index is 1.32. The molecule has 1 saturated heterocycles. The van der Waals surface area contributed by atoms with E-state index in [1.54, 1.807) is 0 Å². The van der Waals surface area contributed by atoms with Gasteiger partial charge in [-0.05, 0) is 50.7 Å². The number of likely N-dealkylation sites (tertiary alicyclic amines) is 1. The fraction of sp³-hybridized carbons (Fsp3) is 0.435. The lowest BCUT2D eigenvalue weighted by molar-refractivity contribution is 0.0656. The number of rotatable bonds is 4. The van der Waals surface area contributed by atoms with E-state index in [0.717, 1.165) is 43.4 Å². The minimum atomic E-state index is 0.0558. The lowest BCUT2D eigenvalue weighted by Crippen LogP contribution is -2.41. The predicted molar refractivity (Wildman–Crippen MR) is 109 cm³/mol. The molecule has 2 aromatic heterocycles. The van der Waals surface area contributed by atoms with Crippen molar-refractivity contribution in [1.82, 2.24) is 19.4 Å². The van der Waals surface area contributed by atoms with Crippen molar-refractivity contribution < 1.29 is 4.79 Å². The molecule has 0 radical (unpaired) electrons. The second kappa shape index (κ2) is 7.04. The molecular weight excluding hydrogens is 348 g/mol. The van der Waals surface area contributed by atoms with Crippen molar-refractivity contribution in [3.05, 3.63) is 59.8 Å². The number of imidazole rings is 1. The van der Waals surface area contributed by atoms with E-state index in [9.17, 15) is 4.79 Å². The second-order valence-corrected chi connectivity index (χ2v) is 8.29. The number of hydrogen-bond acceptors (Lipinski definition) is 3. The molecule has 5 heteroatoms. The lowest BCUT2D eigenvalue weighted by Gasteiger charge is -2.33. The largest absolute Gasteiger partial charge is 0.337 e. The average molecular weight is 374 g/mol. The number of para-hydroxylation sites is 1. The van der Waals surface area contributed by atoms with Crippen LogP contribution in [0.1, 0.15) is 53.6 Å². The van der Waals surface area contributed by atoms with Crippen molar-refractivity contribution >= 4 is 16.8 Å². The highest BCUT2D eigenvalue weighted by atomic mass is 16.2. The summed E-state index contributed by atoms with van der Waals surface area (Å²) in [7, 11) is 0. The zero-order valence-electron chi connectivity index (χ0n) is 16.3. The molecule has 28 heavy (non-hydrogen) atoms. The third-order valence-electron chi connectivity index (χ3n) is 6.09. The fourth-order valence-corrected chi connectivity index (χ4v) is 4.39. The van der Waals surface area contributed by atoms with Crippen LogP contribution < -0.4 is 0 Å². The predicted octanol–water partition coefficient (Wildman–Crippen LogP) is 4.17. The minimum absolute atomic E-state index is 0.0558. The molecule has 0 N–H and O–H groups in total. The number of piperidine rings is 1. The Bertz CT molecular complexity index is 1020. The summed E-state index contributed by atoms with van der Waals surface area (Å²) in [6.45, 7) is 4.73. The van der Waals surface area contributed by atoms with E-state index >= 15 is 0 Å². The second-order valence-electron chi connectivity index (χ2n) is 8.29. The zero-order valence-corrected chi connectivity index (χ0v) is 16.3. The van der Waals surface area contributed by atoms with E-state index in [1.807, 2.05) is 47.5 Å². The van der Waals surface area contributed by atoms with Crippen LogP contribution in [0.3, 0.4) is 0 Å². The van der Waals surface area contributed by atoms with Crippen molar-refractivity contribution in [3.8, 4) is 0 Å². The van der Waals surface area contributed by atoms with Gasteiger partial charge in [-0.25, -0.2) is 9.97 Å². The third-order valence-corrected chi connectivity index (χ3v) is 6.09. The first-order chi connectivity index (χ1) is 13.7. The highest BCUT2D eigenvalue weighted by molar-refractivity contribution is 5.95. The molecule has 1 aromatic carbocycles. The molecular formula is C23H26N4O. The molecule has 5 nitrogen and oxygen atoms in total. The Hall–Kier alpha value is -2.69. The van der Waals surface area contributed by atoms with Crippen LogP contribution in [0.2, 0.25) is 0 Å². The summed E-state index contributed by atoms with van der Waals surface area (Å²) in [5, 5.41) is 1.07. The van der Waals surface area contributed by atoms with E-state index < -0.39 is 0 Å². The fourth-order valence-electron chi connectivity index (χ4n) is 4.39.